The van der Waals surface area contributed by atoms with Crippen molar-refractivity contribution >= 4 is 27.3 Å². The van der Waals surface area contributed by atoms with Gasteiger partial charge < -0.3 is 10.5 Å². The molecule has 0 aliphatic carbocycles. The van der Waals surface area contributed by atoms with Crippen LogP contribution in [0.2, 0.25) is 0 Å². The number of thiophene rings is 1. The Morgan fingerprint density at radius 3 is 2.67 bits per heavy atom. The molecular weight excluding hydrogens is 310 g/mol. The third-order valence-electron chi connectivity index (χ3n) is 2.99. The predicted octanol–water partition coefficient (Wildman–Crippen LogP) is 4.89. The summed E-state index contributed by atoms with van der Waals surface area (Å²) >= 11 is 5.18. The van der Waals surface area contributed by atoms with Crippen LogP contribution in [0.25, 0.3) is 0 Å². The molecule has 1 aromatic rings. The Hall–Kier alpha value is 0.1000. The van der Waals surface area contributed by atoms with Crippen LogP contribution in [0.3, 0.4) is 0 Å². The second-order valence-electron chi connectivity index (χ2n) is 4.66. The van der Waals surface area contributed by atoms with E-state index in [1.165, 1.54) is 30.6 Å². The topological polar surface area (TPSA) is 35.2 Å². The van der Waals surface area contributed by atoms with Crippen molar-refractivity contribution in [3.63, 3.8) is 0 Å². The van der Waals surface area contributed by atoms with E-state index < -0.39 is 0 Å². The molecule has 2 nitrogen and oxygen atoms in total. The number of unbranched alkanes of at least 4 members (excludes halogenated alkanes) is 3. The summed E-state index contributed by atoms with van der Waals surface area (Å²) in [6, 6.07) is 4.15. The van der Waals surface area contributed by atoms with E-state index in [2.05, 4.69) is 41.9 Å². The summed E-state index contributed by atoms with van der Waals surface area (Å²) in [4.78, 5) is 1.21. The third kappa shape index (κ3) is 5.83. The van der Waals surface area contributed by atoms with E-state index in [1.54, 1.807) is 11.3 Å². The first-order chi connectivity index (χ1) is 8.67. The zero-order chi connectivity index (χ0) is 13.4. The lowest BCUT2D eigenvalue weighted by Gasteiger charge is -2.20. The summed E-state index contributed by atoms with van der Waals surface area (Å²) < 4.78 is 7.18. The normalized spacial score (nSPS) is 14.7. The molecule has 0 aromatic carbocycles. The summed E-state index contributed by atoms with van der Waals surface area (Å²) in [6.45, 7) is 4.93. The van der Waals surface area contributed by atoms with Gasteiger partial charge in [-0.2, -0.15) is 0 Å². The first kappa shape index (κ1) is 16.2. The fraction of sp³-hybridized carbons (Fsp3) is 0.714. The fourth-order valence-corrected chi connectivity index (χ4v) is 3.42. The van der Waals surface area contributed by atoms with E-state index in [1.807, 2.05) is 0 Å². The molecule has 0 radical (unpaired) electrons. The minimum absolute atomic E-state index is 0.0440. The van der Waals surface area contributed by atoms with Gasteiger partial charge in [0.25, 0.3) is 0 Å². The third-order valence-corrected chi connectivity index (χ3v) is 4.70. The molecule has 1 heterocycles. The van der Waals surface area contributed by atoms with E-state index >= 15 is 0 Å². The first-order valence-corrected chi connectivity index (χ1v) is 8.39. The van der Waals surface area contributed by atoms with Gasteiger partial charge in [0, 0.05) is 11.4 Å². The van der Waals surface area contributed by atoms with Gasteiger partial charge in [-0.3, -0.25) is 0 Å². The number of rotatable bonds is 9. The minimum Gasteiger partial charge on any atom is -0.368 e. The largest absolute Gasteiger partial charge is 0.368 e. The highest BCUT2D eigenvalue weighted by Crippen LogP contribution is 2.30. The van der Waals surface area contributed by atoms with E-state index in [4.69, 9.17) is 10.5 Å². The highest BCUT2D eigenvalue weighted by molar-refractivity contribution is 9.11. The van der Waals surface area contributed by atoms with Crippen molar-refractivity contribution < 1.29 is 4.74 Å². The molecule has 1 aromatic heterocycles. The van der Waals surface area contributed by atoms with Crippen molar-refractivity contribution in [3.05, 3.63) is 20.8 Å². The van der Waals surface area contributed by atoms with Crippen LogP contribution in [0, 0.1) is 0 Å². The van der Waals surface area contributed by atoms with Gasteiger partial charge in [-0.15, -0.1) is 11.3 Å². The van der Waals surface area contributed by atoms with Crippen molar-refractivity contribution in [2.45, 2.75) is 58.2 Å². The Bertz CT molecular complexity index is 329. The van der Waals surface area contributed by atoms with E-state index in [0.29, 0.717) is 6.54 Å². The molecule has 0 fully saturated rings. The number of nitrogens with two attached hydrogens (primary N) is 1. The maximum absolute atomic E-state index is 6.04. The lowest BCUT2D eigenvalue weighted by Crippen LogP contribution is -2.20. The molecule has 0 bridgehead atoms. The molecule has 0 aliphatic heterocycles. The van der Waals surface area contributed by atoms with Gasteiger partial charge in [0.05, 0.1) is 9.89 Å². The van der Waals surface area contributed by atoms with Crippen LogP contribution in [-0.2, 0) is 4.74 Å². The van der Waals surface area contributed by atoms with E-state index in [0.717, 1.165) is 10.2 Å². The molecular formula is C14H24BrNOS. The van der Waals surface area contributed by atoms with Crippen LogP contribution in [0.15, 0.2) is 15.9 Å². The quantitative estimate of drug-likeness (QED) is 0.653. The Kier molecular flexibility index (Phi) is 8.15. The van der Waals surface area contributed by atoms with Crippen molar-refractivity contribution in [2.24, 2.45) is 5.73 Å². The van der Waals surface area contributed by atoms with Gasteiger partial charge in [0.15, 0.2) is 0 Å². The number of hydrogen-bond acceptors (Lipinski definition) is 3. The minimum atomic E-state index is 0.0440. The standard InChI is InChI=1S/C14H24BrNOS/c1-3-4-5-6-7-11(2)17-12(10-16)13-8-9-14(15)18-13/h8-9,11-12H,3-7,10,16H2,1-2H3. The molecule has 2 unspecified atom stereocenters. The SMILES string of the molecule is CCCCCCC(C)OC(CN)c1ccc(Br)s1. The highest BCUT2D eigenvalue weighted by atomic mass is 79.9. The van der Waals surface area contributed by atoms with Gasteiger partial charge >= 0.3 is 0 Å². The molecule has 1 rings (SSSR count). The van der Waals surface area contributed by atoms with E-state index in [-0.39, 0.29) is 12.2 Å². The monoisotopic (exact) mass is 333 g/mol. The smallest absolute Gasteiger partial charge is 0.104 e. The predicted molar refractivity (Wildman–Crippen MR) is 83.1 cm³/mol. The van der Waals surface area contributed by atoms with Gasteiger partial charge in [0.2, 0.25) is 0 Å². The van der Waals surface area contributed by atoms with E-state index in [9.17, 15) is 0 Å². The summed E-state index contributed by atoms with van der Waals surface area (Å²) in [5, 5.41) is 0. The highest BCUT2D eigenvalue weighted by Gasteiger charge is 2.15. The Balaban J connectivity index is 2.34. The Morgan fingerprint density at radius 2 is 2.11 bits per heavy atom. The zero-order valence-corrected chi connectivity index (χ0v) is 13.7. The Labute approximate surface area is 123 Å². The van der Waals surface area contributed by atoms with Crippen LogP contribution in [-0.4, -0.2) is 12.6 Å². The molecule has 0 amide bonds. The van der Waals surface area contributed by atoms with Crippen LogP contribution < -0.4 is 5.73 Å². The van der Waals surface area contributed by atoms with Gasteiger partial charge in [0.1, 0.15) is 6.10 Å². The summed E-state index contributed by atoms with van der Waals surface area (Å²) in [5.41, 5.74) is 5.81. The zero-order valence-electron chi connectivity index (χ0n) is 11.3. The maximum atomic E-state index is 6.04. The Morgan fingerprint density at radius 1 is 1.33 bits per heavy atom. The summed E-state index contributed by atoms with van der Waals surface area (Å²) in [5.74, 6) is 0. The molecule has 0 saturated heterocycles. The molecule has 2 N–H and O–H groups in total. The average Bonchev–Trinajstić information content (AvgIpc) is 2.78. The van der Waals surface area contributed by atoms with Gasteiger partial charge in [-0.25, -0.2) is 0 Å². The first-order valence-electron chi connectivity index (χ1n) is 6.78. The summed E-state index contributed by atoms with van der Waals surface area (Å²) in [6.07, 6.45) is 6.62. The van der Waals surface area contributed by atoms with Crippen LogP contribution in [0.5, 0.6) is 0 Å². The molecule has 104 valence electrons. The van der Waals surface area contributed by atoms with Crippen molar-refractivity contribution in [1.82, 2.24) is 0 Å². The van der Waals surface area contributed by atoms with Gasteiger partial charge in [-0.1, -0.05) is 32.6 Å². The lowest BCUT2D eigenvalue weighted by atomic mass is 10.1. The molecule has 2 atom stereocenters. The van der Waals surface area contributed by atoms with Crippen LogP contribution in [0.1, 0.15) is 56.9 Å². The summed E-state index contributed by atoms with van der Waals surface area (Å²) in [7, 11) is 0. The number of halogens is 1. The average molecular weight is 334 g/mol. The van der Waals surface area contributed by atoms with Gasteiger partial charge in [-0.05, 0) is 41.4 Å². The molecule has 18 heavy (non-hydrogen) atoms. The number of hydrogen-bond donors (Lipinski definition) is 1. The van der Waals surface area contributed by atoms with Crippen molar-refractivity contribution in [2.75, 3.05) is 6.54 Å². The van der Waals surface area contributed by atoms with Crippen molar-refractivity contribution in [3.8, 4) is 0 Å². The van der Waals surface area contributed by atoms with Crippen LogP contribution in [0.4, 0.5) is 0 Å². The van der Waals surface area contributed by atoms with Crippen molar-refractivity contribution in [1.29, 1.82) is 0 Å². The molecule has 0 aliphatic rings. The molecule has 0 spiro atoms. The second kappa shape index (κ2) is 9.08. The lowest BCUT2D eigenvalue weighted by molar-refractivity contribution is -0.00186. The molecule has 4 heteroatoms. The fourth-order valence-electron chi connectivity index (χ4n) is 1.95. The maximum Gasteiger partial charge on any atom is 0.104 e. The molecule has 0 saturated carbocycles. The van der Waals surface area contributed by atoms with Crippen LogP contribution >= 0.6 is 27.3 Å². The second-order valence-corrected chi connectivity index (χ2v) is 7.16. The number of ether oxygens (including phenoxy) is 1.